The fraction of sp³-hybridized carbons (Fsp3) is 0.143. The largest absolute Gasteiger partial charge is 0.465 e. The second-order valence-corrected chi connectivity index (χ2v) is 5.68. The standard InChI is InChI=1S/C21H19NO7/c1-27-20(25)15-10-16(21(26)28-2)12-17(11-15)22-18(23)13-29-19(24)9-8-14-6-4-3-5-7-14/h3-12H,13H2,1-2H3,(H,22,23)/b9-8+. The zero-order chi connectivity index (χ0) is 21.2. The van der Waals surface area contributed by atoms with Crippen molar-refractivity contribution in [3.8, 4) is 0 Å². The number of amides is 1. The van der Waals surface area contributed by atoms with Crippen molar-refractivity contribution in [3.63, 3.8) is 0 Å². The van der Waals surface area contributed by atoms with Crippen LogP contribution in [-0.2, 0) is 23.8 Å². The van der Waals surface area contributed by atoms with Gasteiger partial charge in [-0.05, 0) is 29.8 Å². The average molecular weight is 397 g/mol. The van der Waals surface area contributed by atoms with E-state index in [9.17, 15) is 19.2 Å². The monoisotopic (exact) mass is 397 g/mol. The Kier molecular flexibility index (Phi) is 7.67. The number of hydrogen-bond donors (Lipinski definition) is 1. The SMILES string of the molecule is COC(=O)c1cc(NC(=O)COC(=O)/C=C/c2ccccc2)cc(C(=O)OC)c1. The van der Waals surface area contributed by atoms with Gasteiger partial charge in [-0.15, -0.1) is 0 Å². The molecule has 2 aromatic rings. The molecule has 0 aliphatic carbocycles. The lowest BCUT2D eigenvalue weighted by Gasteiger charge is -2.09. The van der Waals surface area contributed by atoms with Crippen LogP contribution in [0.1, 0.15) is 26.3 Å². The molecule has 0 radical (unpaired) electrons. The number of carbonyl (C=O) groups is 4. The molecular weight excluding hydrogens is 378 g/mol. The molecule has 0 saturated heterocycles. The van der Waals surface area contributed by atoms with Crippen LogP contribution in [0.4, 0.5) is 5.69 Å². The molecule has 1 amide bonds. The minimum atomic E-state index is -0.692. The van der Waals surface area contributed by atoms with Crippen LogP contribution in [0, 0.1) is 0 Å². The van der Waals surface area contributed by atoms with Crippen LogP contribution in [-0.4, -0.2) is 44.6 Å². The number of anilines is 1. The molecule has 2 rings (SSSR count). The van der Waals surface area contributed by atoms with E-state index in [0.29, 0.717) is 0 Å². The highest BCUT2D eigenvalue weighted by molar-refractivity contribution is 6.00. The van der Waals surface area contributed by atoms with E-state index in [4.69, 9.17) is 4.74 Å². The van der Waals surface area contributed by atoms with E-state index >= 15 is 0 Å². The minimum absolute atomic E-state index is 0.0495. The van der Waals surface area contributed by atoms with Crippen LogP contribution in [0.3, 0.4) is 0 Å². The summed E-state index contributed by atoms with van der Waals surface area (Å²) in [4.78, 5) is 47.3. The van der Waals surface area contributed by atoms with Crippen molar-refractivity contribution in [1.29, 1.82) is 0 Å². The fourth-order valence-electron chi connectivity index (χ4n) is 2.28. The molecule has 0 atom stereocenters. The smallest absolute Gasteiger partial charge is 0.337 e. The van der Waals surface area contributed by atoms with Crippen molar-refractivity contribution in [1.82, 2.24) is 0 Å². The third-order valence-corrected chi connectivity index (χ3v) is 3.62. The Morgan fingerprint density at radius 3 is 2.03 bits per heavy atom. The molecule has 150 valence electrons. The number of nitrogens with one attached hydrogen (secondary N) is 1. The Balaban J connectivity index is 2.00. The summed E-state index contributed by atoms with van der Waals surface area (Å²) in [7, 11) is 2.38. The van der Waals surface area contributed by atoms with Crippen LogP contribution in [0.2, 0.25) is 0 Å². The van der Waals surface area contributed by atoms with Gasteiger partial charge in [0.2, 0.25) is 0 Å². The Morgan fingerprint density at radius 1 is 0.897 bits per heavy atom. The van der Waals surface area contributed by atoms with E-state index < -0.39 is 30.4 Å². The van der Waals surface area contributed by atoms with Crippen molar-refractivity contribution in [2.75, 3.05) is 26.1 Å². The van der Waals surface area contributed by atoms with E-state index in [0.717, 1.165) is 5.56 Å². The van der Waals surface area contributed by atoms with Gasteiger partial charge in [-0.2, -0.15) is 0 Å². The first-order valence-corrected chi connectivity index (χ1v) is 8.44. The summed E-state index contributed by atoms with van der Waals surface area (Å²) >= 11 is 0. The molecule has 0 saturated carbocycles. The van der Waals surface area contributed by atoms with Gasteiger partial charge in [0.25, 0.3) is 5.91 Å². The van der Waals surface area contributed by atoms with Gasteiger partial charge in [-0.3, -0.25) is 4.79 Å². The van der Waals surface area contributed by atoms with Crippen LogP contribution < -0.4 is 5.32 Å². The number of carbonyl (C=O) groups excluding carboxylic acids is 4. The highest BCUT2D eigenvalue weighted by atomic mass is 16.5. The number of ether oxygens (including phenoxy) is 3. The molecule has 1 N–H and O–H groups in total. The highest BCUT2D eigenvalue weighted by Crippen LogP contribution is 2.17. The molecule has 0 heterocycles. The van der Waals surface area contributed by atoms with Gasteiger partial charge in [0.1, 0.15) is 0 Å². The quantitative estimate of drug-likeness (QED) is 0.434. The van der Waals surface area contributed by atoms with Gasteiger partial charge in [-0.1, -0.05) is 30.3 Å². The maximum absolute atomic E-state index is 12.0. The predicted molar refractivity (Wildman–Crippen MR) is 104 cm³/mol. The molecule has 8 heteroatoms. The average Bonchev–Trinajstić information content (AvgIpc) is 2.75. The van der Waals surface area contributed by atoms with Crippen molar-refractivity contribution >= 4 is 35.6 Å². The van der Waals surface area contributed by atoms with Gasteiger partial charge in [0.05, 0.1) is 25.3 Å². The van der Waals surface area contributed by atoms with Crippen molar-refractivity contribution < 1.29 is 33.4 Å². The van der Waals surface area contributed by atoms with Crippen LogP contribution in [0.5, 0.6) is 0 Å². The highest BCUT2D eigenvalue weighted by Gasteiger charge is 2.15. The third kappa shape index (κ3) is 6.62. The molecule has 2 aromatic carbocycles. The van der Waals surface area contributed by atoms with Crippen molar-refractivity contribution in [2.24, 2.45) is 0 Å². The summed E-state index contributed by atoms with van der Waals surface area (Å²) in [6, 6.07) is 13.0. The molecule has 29 heavy (non-hydrogen) atoms. The molecule has 0 aliphatic heterocycles. The van der Waals surface area contributed by atoms with Gasteiger partial charge >= 0.3 is 17.9 Å². The summed E-state index contributed by atoms with van der Waals surface area (Å²) in [5.74, 6) is -2.72. The van der Waals surface area contributed by atoms with E-state index in [1.165, 1.54) is 38.5 Å². The zero-order valence-corrected chi connectivity index (χ0v) is 15.8. The van der Waals surface area contributed by atoms with Crippen molar-refractivity contribution in [2.45, 2.75) is 0 Å². The molecule has 0 spiro atoms. The minimum Gasteiger partial charge on any atom is -0.465 e. The molecule has 0 aromatic heterocycles. The Hall–Kier alpha value is -3.94. The molecule has 0 fully saturated rings. The second-order valence-electron chi connectivity index (χ2n) is 5.68. The summed E-state index contributed by atoms with van der Waals surface area (Å²) in [5, 5.41) is 2.45. The third-order valence-electron chi connectivity index (χ3n) is 3.62. The normalized spacial score (nSPS) is 10.3. The Morgan fingerprint density at radius 2 is 1.48 bits per heavy atom. The number of methoxy groups -OCH3 is 2. The lowest BCUT2D eigenvalue weighted by Crippen LogP contribution is -2.20. The maximum Gasteiger partial charge on any atom is 0.337 e. The fourth-order valence-corrected chi connectivity index (χ4v) is 2.28. The number of rotatable bonds is 7. The molecule has 0 unspecified atom stereocenters. The number of esters is 3. The summed E-state index contributed by atoms with van der Waals surface area (Å²) < 4.78 is 14.1. The topological polar surface area (TPSA) is 108 Å². The zero-order valence-electron chi connectivity index (χ0n) is 15.8. The van der Waals surface area contributed by atoms with E-state index in [2.05, 4.69) is 14.8 Å². The lowest BCUT2D eigenvalue weighted by molar-refractivity contribution is -0.142. The maximum atomic E-state index is 12.0. The second kappa shape index (κ2) is 10.4. The van der Waals surface area contributed by atoms with E-state index in [-0.39, 0.29) is 16.8 Å². The first-order valence-electron chi connectivity index (χ1n) is 8.44. The molecule has 8 nitrogen and oxygen atoms in total. The number of benzene rings is 2. The summed E-state index contributed by atoms with van der Waals surface area (Å²) in [6.45, 7) is -0.548. The van der Waals surface area contributed by atoms with Crippen LogP contribution in [0.25, 0.3) is 6.08 Å². The Bertz CT molecular complexity index is 901. The first kappa shape index (κ1) is 21.4. The van der Waals surface area contributed by atoms with Gasteiger partial charge < -0.3 is 19.5 Å². The first-order chi connectivity index (χ1) is 13.9. The molecule has 0 aliphatic rings. The summed E-state index contributed by atoms with van der Waals surface area (Å²) in [5.41, 5.74) is 1.06. The predicted octanol–water partition coefficient (Wildman–Crippen LogP) is 2.45. The molecule has 0 bridgehead atoms. The van der Waals surface area contributed by atoms with Gasteiger partial charge in [-0.25, -0.2) is 14.4 Å². The summed E-state index contributed by atoms with van der Waals surface area (Å²) in [6.07, 6.45) is 2.76. The lowest BCUT2D eigenvalue weighted by atomic mass is 10.1. The van der Waals surface area contributed by atoms with Gasteiger partial charge in [0, 0.05) is 11.8 Å². The van der Waals surface area contributed by atoms with Crippen LogP contribution >= 0.6 is 0 Å². The van der Waals surface area contributed by atoms with Crippen molar-refractivity contribution in [3.05, 3.63) is 71.3 Å². The Labute approximate surface area is 167 Å². The molecular formula is C21H19NO7. The number of hydrogen-bond acceptors (Lipinski definition) is 7. The van der Waals surface area contributed by atoms with Gasteiger partial charge in [0.15, 0.2) is 6.61 Å². The van der Waals surface area contributed by atoms with E-state index in [1.54, 1.807) is 6.08 Å². The van der Waals surface area contributed by atoms with E-state index in [1.807, 2.05) is 30.3 Å². The van der Waals surface area contributed by atoms with Crippen LogP contribution in [0.15, 0.2) is 54.6 Å².